The Morgan fingerprint density at radius 2 is 1.56 bits per heavy atom. The molecule has 0 amide bonds. The van der Waals surface area contributed by atoms with Crippen LogP contribution in [0, 0.1) is 0 Å². The number of aryl methyl sites for hydroxylation is 1. The Morgan fingerprint density at radius 3 is 2.32 bits per heavy atom. The summed E-state index contributed by atoms with van der Waals surface area (Å²) < 4.78 is 7.28. The van der Waals surface area contributed by atoms with E-state index in [2.05, 4.69) is 108 Å². The summed E-state index contributed by atoms with van der Waals surface area (Å²) in [6.45, 7) is 5.73. The summed E-state index contributed by atoms with van der Waals surface area (Å²) in [4.78, 5) is 16.9. The number of aromatic nitrogens is 2. The van der Waals surface area contributed by atoms with Gasteiger partial charge in [-0.25, -0.2) is 0 Å². The number of thiazole rings is 2. The third-order valence-electron chi connectivity index (χ3n) is 7.56. The number of hydrogen-bond donors (Lipinski definition) is 0. The van der Waals surface area contributed by atoms with Crippen molar-refractivity contribution in [2.24, 2.45) is 0 Å². The monoisotopic (exact) mass is 613 g/mol. The first kappa shape index (κ1) is 27.8. The smallest absolute Gasteiger partial charge is 0.269 e. The molecule has 7 rings (SSSR count). The maximum Gasteiger partial charge on any atom is 0.269 e. The van der Waals surface area contributed by atoms with Crippen molar-refractivity contribution in [3.05, 3.63) is 108 Å². The molecule has 4 aromatic carbocycles. The highest BCUT2D eigenvalue weighted by molar-refractivity contribution is 8.03. The minimum absolute atomic E-state index is 0. The van der Waals surface area contributed by atoms with Crippen LogP contribution >= 0.6 is 34.4 Å². The number of rotatable bonds is 4. The molecule has 1 aliphatic rings. The zero-order valence-corrected chi connectivity index (χ0v) is 26.1. The van der Waals surface area contributed by atoms with Crippen LogP contribution < -0.4 is 36.6 Å². The molecule has 6 aromatic rings. The molecule has 0 bridgehead atoms. The van der Waals surface area contributed by atoms with E-state index in [1.54, 1.807) is 34.4 Å². The molecule has 3 heterocycles. The summed E-state index contributed by atoms with van der Waals surface area (Å²) in [5, 5.41) is 7.30. The van der Waals surface area contributed by atoms with Crippen molar-refractivity contribution < 1.29 is 17.0 Å². The first-order chi connectivity index (χ1) is 19.6. The second-order valence-electron chi connectivity index (χ2n) is 9.78. The van der Waals surface area contributed by atoms with E-state index in [4.69, 9.17) is 0 Å². The second kappa shape index (κ2) is 11.1. The van der Waals surface area contributed by atoms with Gasteiger partial charge < -0.3 is 17.3 Å². The molecule has 0 atom stereocenters. The van der Waals surface area contributed by atoms with E-state index in [0.717, 1.165) is 25.8 Å². The number of halogens is 1. The van der Waals surface area contributed by atoms with Gasteiger partial charge >= 0.3 is 0 Å². The van der Waals surface area contributed by atoms with Crippen molar-refractivity contribution in [3.8, 4) is 0 Å². The molecule has 206 valence electrons. The Balaban J connectivity index is 0.00000302. The van der Waals surface area contributed by atoms with E-state index in [9.17, 15) is 4.79 Å². The molecule has 41 heavy (non-hydrogen) atoms. The predicted octanol–water partition coefficient (Wildman–Crippen LogP) is 3.46. The fraction of sp³-hybridized carbons (Fsp3) is 0.152. The van der Waals surface area contributed by atoms with Crippen molar-refractivity contribution in [3.63, 3.8) is 0 Å². The Bertz CT molecular complexity index is 2170. The van der Waals surface area contributed by atoms with Crippen LogP contribution in [-0.2, 0) is 13.1 Å². The van der Waals surface area contributed by atoms with Gasteiger partial charge in [-0.05, 0) is 48.9 Å². The van der Waals surface area contributed by atoms with E-state index in [1.807, 2.05) is 17.6 Å². The molecule has 0 unspecified atom stereocenters. The van der Waals surface area contributed by atoms with Crippen molar-refractivity contribution >= 4 is 84.0 Å². The SMILES string of the molecule is CCn1c(=O)/c(=C/C=C2\Sc3ccc4ccccc4c3N2C)s/c1=C\c1sc2c3ccccc3ccc2[n+]1CC.[Cl-]. The summed E-state index contributed by atoms with van der Waals surface area (Å²) in [5.74, 6) is 0. The minimum Gasteiger partial charge on any atom is -1.00 e. The Hall–Kier alpha value is -3.36. The summed E-state index contributed by atoms with van der Waals surface area (Å²) in [7, 11) is 2.11. The molecule has 0 spiro atoms. The Kier molecular flexibility index (Phi) is 7.55. The minimum atomic E-state index is 0. The van der Waals surface area contributed by atoms with Crippen molar-refractivity contribution in [1.29, 1.82) is 0 Å². The molecule has 0 saturated carbocycles. The van der Waals surface area contributed by atoms with Crippen molar-refractivity contribution in [2.45, 2.75) is 31.8 Å². The van der Waals surface area contributed by atoms with E-state index in [1.165, 1.54) is 42.3 Å². The van der Waals surface area contributed by atoms with Gasteiger partial charge in [0.2, 0.25) is 5.52 Å². The van der Waals surface area contributed by atoms with Crippen LogP contribution in [0.1, 0.15) is 18.9 Å². The lowest BCUT2D eigenvalue weighted by Crippen LogP contribution is -3.00. The fourth-order valence-electron chi connectivity index (χ4n) is 5.57. The summed E-state index contributed by atoms with van der Waals surface area (Å²) in [5.41, 5.74) is 2.54. The number of allylic oxidation sites excluding steroid dienone is 1. The van der Waals surface area contributed by atoms with Crippen LogP contribution in [0.4, 0.5) is 5.69 Å². The van der Waals surface area contributed by atoms with Crippen LogP contribution in [0.3, 0.4) is 0 Å². The number of benzene rings is 4. The van der Waals surface area contributed by atoms with E-state index in [0.29, 0.717) is 6.54 Å². The van der Waals surface area contributed by atoms with E-state index < -0.39 is 0 Å². The molecular formula is C33H28ClN3OS3. The zero-order valence-electron chi connectivity index (χ0n) is 22.9. The molecule has 0 N–H and O–H groups in total. The van der Waals surface area contributed by atoms with Crippen LogP contribution in [0.2, 0.25) is 0 Å². The third kappa shape index (κ3) is 4.61. The molecule has 1 aliphatic heterocycles. The van der Waals surface area contributed by atoms with Gasteiger partial charge in [-0.2, -0.15) is 4.57 Å². The fourth-order valence-corrected chi connectivity index (χ4v) is 9.06. The number of anilines is 1. The highest BCUT2D eigenvalue weighted by Gasteiger charge is 2.24. The molecule has 0 saturated heterocycles. The molecule has 2 aromatic heterocycles. The zero-order chi connectivity index (χ0) is 27.4. The van der Waals surface area contributed by atoms with Crippen molar-refractivity contribution in [1.82, 2.24) is 4.57 Å². The van der Waals surface area contributed by atoms with Crippen molar-refractivity contribution in [2.75, 3.05) is 11.9 Å². The van der Waals surface area contributed by atoms with Gasteiger partial charge in [0.25, 0.3) is 10.6 Å². The van der Waals surface area contributed by atoms with E-state index >= 15 is 0 Å². The van der Waals surface area contributed by atoms with Crippen LogP contribution in [0.5, 0.6) is 0 Å². The molecule has 0 fully saturated rings. The molecule has 8 heteroatoms. The first-order valence-electron chi connectivity index (χ1n) is 13.5. The lowest BCUT2D eigenvalue weighted by molar-refractivity contribution is -0.665. The second-order valence-corrected chi connectivity index (χ2v) is 12.9. The van der Waals surface area contributed by atoms with Gasteiger partial charge in [0.1, 0.15) is 15.9 Å². The molecule has 0 aliphatic carbocycles. The maximum atomic E-state index is 13.5. The molecule has 0 radical (unpaired) electrons. The maximum absolute atomic E-state index is 13.5. The molecule has 4 nitrogen and oxygen atoms in total. The lowest BCUT2D eigenvalue weighted by Gasteiger charge is -2.15. The highest BCUT2D eigenvalue weighted by Crippen LogP contribution is 2.48. The average Bonchev–Trinajstić information content (AvgIpc) is 3.61. The normalized spacial score (nSPS) is 15.0. The summed E-state index contributed by atoms with van der Waals surface area (Å²) in [6.07, 6.45) is 6.28. The van der Waals surface area contributed by atoms with Gasteiger partial charge in [-0.15, -0.1) is 11.3 Å². The van der Waals surface area contributed by atoms with Crippen LogP contribution in [0.15, 0.2) is 93.6 Å². The van der Waals surface area contributed by atoms with Gasteiger partial charge in [-0.3, -0.25) is 9.36 Å². The number of fused-ring (bicyclic) bond motifs is 6. The van der Waals surface area contributed by atoms with Gasteiger partial charge in [0.15, 0.2) is 0 Å². The third-order valence-corrected chi connectivity index (χ3v) is 11.0. The van der Waals surface area contributed by atoms with Crippen LogP contribution in [0.25, 0.3) is 43.9 Å². The first-order valence-corrected chi connectivity index (χ1v) is 15.9. The van der Waals surface area contributed by atoms with Gasteiger partial charge in [-0.1, -0.05) is 77.7 Å². The Labute approximate surface area is 256 Å². The van der Waals surface area contributed by atoms with Gasteiger partial charge in [0.05, 0.1) is 21.3 Å². The summed E-state index contributed by atoms with van der Waals surface area (Å²) in [6, 6.07) is 25.9. The largest absolute Gasteiger partial charge is 1.00 e. The number of thioether (sulfide) groups is 1. The predicted molar refractivity (Wildman–Crippen MR) is 173 cm³/mol. The average molecular weight is 614 g/mol. The summed E-state index contributed by atoms with van der Waals surface area (Å²) >= 11 is 5.13. The Morgan fingerprint density at radius 1 is 0.854 bits per heavy atom. The lowest BCUT2D eigenvalue weighted by atomic mass is 10.1. The van der Waals surface area contributed by atoms with Crippen LogP contribution in [-0.4, -0.2) is 11.6 Å². The van der Waals surface area contributed by atoms with Gasteiger partial charge in [0, 0.05) is 35.3 Å². The number of nitrogens with zero attached hydrogens (tertiary/aromatic N) is 3. The number of hydrogen-bond acceptors (Lipinski definition) is 5. The standard InChI is InChI=1S/C33H28N3OS3.ClH/c1-4-35-25-16-14-22-11-7-9-13-24(22)32(25)40-29(35)20-30-36(5-2)33(37)27(39-30)18-19-28-34(3)31-23-12-8-6-10-21(23)15-17-26(31)38-28;/h6-20H,4-5H2,1-3H3;1H/q+1;/p-1/b27-18-,28-19-;. The topological polar surface area (TPSA) is 29.1 Å². The van der Waals surface area contributed by atoms with E-state index in [-0.39, 0.29) is 18.0 Å². The highest BCUT2D eigenvalue weighted by atomic mass is 35.5. The quantitative estimate of drug-likeness (QED) is 0.285. The molecular weight excluding hydrogens is 586 g/mol.